The Hall–Kier alpha value is -7.71. The van der Waals surface area contributed by atoms with E-state index in [1.54, 1.807) is 0 Å². The fourth-order valence-electron chi connectivity index (χ4n) is 16.7. The van der Waals surface area contributed by atoms with Crippen LogP contribution in [0.2, 0.25) is 0 Å². The van der Waals surface area contributed by atoms with Crippen molar-refractivity contribution in [2.75, 3.05) is 52.9 Å². The maximum Gasteiger partial charge on any atom is 0.171 e. The Morgan fingerprint density at radius 2 is 0.848 bits per heavy atom. The van der Waals surface area contributed by atoms with Crippen LogP contribution in [0.1, 0.15) is 213 Å². The van der Waals surface area contributed by atoms with E-state index in [0.29, 0.717) is 94.8 Å². The van der Waals surface area contributed by atoms with Crippen molar-refractivity contribution in [2.24, 2.45) is 47.3 Å². The molecule has 1 aliphatic heterocycles. The van der Waals surface area contributed by atoms with Crippen LogP contribution in [0.3, 0.4) is 0 Å². The first-order valence-corrected chi connectivity index (χ1v) is 41.9. The summed E-state index contributed by atoms with van der Waals surface area (Å²) in [6.45, 7) is 38.2. The summed E-state index contributed by atoms with van der Waals surface area (Å²) in [7, 11) is -3.89. The zero-order valence-corrected chi connectivity index (χ0v) is 66.5. The average molecular weight is 1430 g/mol. The Morgan fingerprint density at radius 3 is 1.42 bits per heavy atom. The molecule has 5 aliphatic rings. The van der Waals surface area contributed by atoms with E-state index in [2.05, 4.69) is 243 Å². The molecule has 9 nitrogen and oxygen atoms in total. The van der Waals surface area contributed by atoms with Crippen molar-refractivity contribution in [3.05, 3.63) is 209 Å². The number of benzene rings is 8. The molecule has 13 unspecified atom stereocenters. The van der Waals surface area contributed by atoms with Crippen molar-refractivity contribution >= 4 is 23.1 Å². The molecule has 0 aromatic heterocycles. The van der Waals surface area contributed by atoms with Gasteiger partial charge in [0.05, 0.1) is 64.0 Å². The van der Waals surface area contributed by atoms with E-state index in [9.17, 15) is 0 Å². The Kier molecular flexibility index (Phi) is 23.0. The van der Waals surface area contributed by atoms with Crippen LogP contribution in [0.5, 0.6) is 34.5 Å². The molecule has 556 valence electrons. The van der Waals surface area contributed by atoms with Gasteiger partial charge in [-0.3, -0.25) is 0 Å². The van der Waals surface area contributed by atoms with Crippen LogP contribution < -0.4 is 44.3 Å². The molecule has 8 bridgehead atoms. The molecule has 13 atom stereocenters. The summed E-state index contributed by atoms with van der Waals surface area (Å²) in [5, 5.41) is 2.26. The molecule has 0 N–H and O–H groups in total. The van der Waals surface area contributed by atoms with Crippen molar-refractivity contribution in [1.29, 1.82) is 0 Å². The summed E-state index contributed by atoms with van der Waals surface area (Å²) >= 11 is 0. The summed E-state index contributed by atoms with van der Waals surface area (Å²) in [6.07, 6.45) is 13.5. The van der Waals surface area contributed by atoms with Crippen molar-refractivity contribution in [2.45, 2.75) is 190 Å². The SMILES string of the molecule is CCC(C)COC=CC12CC3(c4ccccc4-c4ccc(cc43)P(=O)(c3ccccc3)c3ccc4c(c3)C3(c5ccccc5-4)c4cc(OCC(C)CC)c(OCC(C)CC)cc4-c4cc(OCC(C)CC)c(cc43)OCC(C)CCCC(C)COC1C)c1cc(OCC(C)CC)c(OCC(C)CC)cc12. The number of rotatable bonds is 26. The van der Waals surface area contributed by atoms with Gasteiger partial charge in [-0.2, -0.15) is 0 Å². The molecular weight excluding hydrogens is 1320 g/mol. The quantitative estimate of drug-likeness (QED) is 0.0388. The first-order valence-electron chi connectivity index (χ1n) is 40.2. The molecule has 13 rings (SSSR count). The number of ether oxygens (including phenoxy) is 8. The minimum absolute atomic E-state index is 0.226. The average Bonchev–Trinajstić information content (AvgIpc) is 1.51. The molecule has 105 heavy (non-hydrogen) atoms. The first kappa shape index (κ1) is 75.5. The zero-order valence-electron chi connectivity index (χ0n) is 65.6. The van der Waals surface area contributed by atoms with Gasteiger partial charge in [-0.05, 0) is 206 Å². The van der Waals surface area contributed by atoms with E-state index in [1.165, 1.54) is 5.56 Å². The lowest BCUT2D eigenvalue weighted by Crippen LogP contribution is -2.39. The van der Waals surface area contributed by atoms with Gasteiger partial charge in [0.2, 0.25) is 0 Å². The fourth-order valence-corrected chi connectivity index (χ4v) is 19.3. The van der Waals surface area contributed by atoms with Crippen LogP contribution in [0, 0.1) is 47.3 Å². The van der Waals surface area contributed by atoms with Crippen molar-refractivity contribution in [1.82, 2.24) is 0 Å². The van der Waals surface area contributed by atoms with Gasteiger partial charge in [0.15, 0.2) is 41.6 Å². The second-order valence-corrected chi connectivity index (χ2v) is 35.4. The Labute approximate surface area is 628 Å². The van der Waals surface area contributed by atoms with E-state index in [-0.39, 0.29) is 17.9 Å². The highest BCUT2D eigenvalue weighted by Gasteiger charge is 2.60. The molecule has 0 radical (unpaired) electrons. The van der Waals surface area contributed by atoms with Crippen LogP contribution in [0.4, 0.5) is 0 Å². The van der Waals surface area contributed by atoms with E-state index >= 15 is 4.57 Å². The van der Waals surface area contributed by atoms with Gasteiger partial charge >= 0.3 is 0 Å². The molecule has 0 fully saturated rings. The molecule has 0 saturated carbocycles. The van der Waals surface area contributed by atoms with E-state index in [0.717, 1.165) is 181 Å². The predicted octanol–water partition coefficient (Wildman–Crippen LogP) is 22.6. The van der Waals surface area contributed by atoms with Gasteiger partial charge < -0.3 is 42.5 Å². The van der Waals surface area contributed by atoms with Gasteiger partial charge in [-0.1, -0.05) is 245 Å². The molecule has 4 aliphatic carbocycles. The normalized spacial score (nSPS) is 23.7. The highest BCUT2D eigenvalue weighted by molar-refractivity contribution is 7.85. The van der Waals surface area contributed by atoms with E-state index in [4.69, 9.17) is 37.9 Å². The second-order valence-electron chi connectivity index (χ2n) is 32.6. The molecule has 0 saturated heterocycles. The number of hydrogen-bond donors (Lipinski definition) is 0. The number of hydrogen-bond acceptors (Lipinski definition) is 9. The smallest absolute Gasteiger partial charge is 0.171 e. The summed E-state index contributed by atoms with van der Waals surface area (Å²) in [5.41, 5.74) is 13.0. The zero-order chi connectivity index (χ0) is 74.0. The van der Waals surface area contributed by atoms with Crippen LogP contribution in [0.15, 0.2) is 164 Å². The Bertz CT molecular complexity index is 4460. The predicted molar refractivity (Wildman–Crippen MR) is 433 cm³/mol. The molecule has 0 amide bonds. The highest BCUT2D eigenvalue weighted by atomic mass is 31.2. The van der Waals surface area contributed by atoms with Crippen LogP contribution >= 0.6 is 7.14 Å². The van der Waals surface area contributed by atoms with Crippen LogP contribution in [-0.2, 0) is 30.3 Å². The second kappa shape index (κ2) is 32.0. The first-order chi connectivity index (χ1) is 50.8. The Balaban J connectivity index is 1.11. The summed E-state index contributed by atoms with van der Waals surface area (Å²) in [5.74, 6) is 6.80. The van der Waals surface area contributed by atoms with Crippen LogP contribution in [-0.4, -0.2) is 59.0 Å². The third-order valence-corrected chi connectivity index (χ3v) is 27.8. The van der Waals surface area contributed by atoms with Gasteiger partial charge in [0, 0.05) is 33.4 Å². The minimum Gasteiger partial charge on any atom is -0.501 e. The van der Waals surface area contributed by atoms with Crippen molar-refractivity contribution < 1.29 is 42.5 Å². The largest absolute Gasteiger partial charge is 0.501 e. The lowest BCUT2D eigenvalue weighted by atomic mass is 9.69. The molecule has 8 aromatic carbocycles. The van der Waals surface area contributed by atoms with Crippen molar-refractivity contribution in [3.63, 3.8) is 0 Å². The third kappa shape index (κ3) is 14.0. The summed E-state index contributed by atoms with van der Waals surface area (Å²) in [6, 6.07) is 55.7. The van der Waals surface area contributed by atoms with Gasteiger partial charge in [-0.25, -0.2) is 0 Å². The lowest BCUT2D eigenvalue weighted by Gasteiger charge is -2.37. The molecular formula is C95H117O9P. The maximum atomic E-state index is 18.5. The highest BCUT2D eigenvalue weighted by Crippen LogP contribution is 2.68. The Morgan fingerprint density at radius 1 is 0.419 bits per heavy atom. The van der Waals surface area contributed by atoms with Gasteiger partial charge in [-0.15, -0.1) is 0 Å². The van der Waals surface area contributed by atoms with E-state index in [1.807, 2.05) is 24.5 Å². The van der Waals surface area contributed by atoms with E-state index < -0.39 is 23.4 Å². The van der Waals surface area contributed by atoms with Gasteiger partial charge in [0.1, 0.15) is 0 Å². The molecule has 10 heteroatoms. The molecule has 1 heterocycles. The number of fused-ring (bicyclic) bond motifs is 12. The topological polar surface area (TPSA) is 90.9 Å². The third-order valence-electron chi connectivity index (χ3n) is 24.8. The summed E-state index contributed by atoms with van der Waals surface area (Å²) in [4.78, 5) is 0. The molecule has 8 aromatic rings. The molecule has 2 spiro atoms. The standard InChI is InChI=1S/C95H117O9P/c1-16-61(7)52-97-43-42-93-60-94(86-51-92(103-57-66(12)21-6)91(50-85(86)93)102-56-65(11)20-5)79-36-27-25-34-73(79)75-40-38-71(44-81(75)94)105(96,70-32-23-22-24-33-70)72-39-41-76-74-35-26-28-37-80(74)95(82(76)45-72)83-48-89(101-55-64(10)19-4)87(99-53-62(8)17-2)46-77(83)78-47-88(100-54-63(9)18-3)90(49-84(78)95)104-59-68(14)31-29-30-67(13)58-98-69(93)15/h22-28,32-51,61-69H,16-21,29-31,52-60H2,1-15H3. The lowest BCUT2D eigenvalue weighted by molar-refractivity contribution is 0.00171. The fraction of sp³-hybridized carbons (Fsp3) is 0.474. The van der Waals surface area contributed by atoms with Crippen molar-refractivity contribution in [3.8, 4) is 67.9 Å². The summed E-state index contributed by atoms with van der Waals surface area (Å²) < 4.78 is 75.3. The maximum absolute atomic E-state index is 18.5. The van der Waals surface area contributed by atoms with Crippen LogP contribution in [0.25, 0.3) is 33.4 Å². The van der Waals surface area contributed by atoms with Gasteiger partial charge in [0.25, 0.3) is 0 Å². The monoisotopic (exact) mass is 1430 g/mol. The minimum atomic E-state index is -3.89.